The third kappa shape index (κ3) is 2.45. The van der Waals surface area contributed by atoms with Crippen LogP contribution in [0.1, 0.15) is 17.5 Å². The Bertz CT molecular complexity index is 528. The third-order valence-corrected chi connectivity index (χ3v) is 3.31. The number of benzene rings is 1. The Morgan fingerprint density at radius 2 is 2.11 bits per heavy atom. The Labute approximate surface area is 107 Å². The molecule has 0 spiro atoms. The summed E-state index contributed by atoms with van der Waals surface area (Å²) in [5.74, 6) is 0. The summed E-state index contributed by atoms with van der Waals surface area (Å²) in [6.07, 6.45) is 11.3. The number of hydrogen-bond acceptors (Lipinski definition) is 2. The lowest BCUT2D eigenvalue weighted by atomic mass is 10.0. The van der Waals surface area contributed by atoms with Gasteiger partial charge in [-0.05, 0) is 29.8 Å². The summed E-state index contributed by atoms with van der Waals surface area (Å²) in [5, 5.41) is 0. The molecule has 0 aliphatic carbocycles. The lowest BCUT2D eigenvalue weighted by Crippen LogP contribution is -2.22. The summed E-state index contributed by atoms with van der Waals surface area (Å²) >= 11 is 0. The fraction of sp³-hybridized carbons (Fsp3) is 0.267. The molecule has 1 aromatic carbocycles. The van der Waals surface area contributed by atoms with E-state index in [9.17, 15) is 0 Å². The van der Waals surface area contributed by atoms with Crippen LogP contribution in [-0.4, -0.2) is 21.0 Å². The van der Waals surface area contributed by atoms with Gasteiger partial charge in [0.25, 0.3) is 0 Å². The third-order valence-electron chi connectivity index (χ3n) is 3.31. The first kappa shape index (κ1) is 11.1. The Morgan fingerprint density at radius 1 is 1.17 bits per heavy atom. The minimum atomic E-state index is 1.02. The van der Waals surface area contributed by atoms with Crippen LogP contribution >= 0.6 is 0 Å². The summed E-state index contributed by atoms with van der Waals surface area (Å²) < 4.78 is 2.13. The number of rotatable bonds is 4. The zero-order valence-electron chi connectivity index (χ0n) is 10.4. The maximum absolute atomic E-state index is 4.05. The summed E-state index contributed by atoms with van der Waals surface area (Å²) in [4.78, 5) is 6.43. The monoisotopic (exact) mass is 239 g/mol. The van der Waals surface area contributed by atoms with Crippen LogP contribution in [0.25, 0.3) is 6.08 Å². The van der Waals surface area contributed by atoms with E-state index in [4.69, 9.17) is 0 Å². The molecule has 3 heteroatoms. The molecule has 0 amide bonds. The molecule has 0 bridgehead atoms. The molecule has 1 aliphatic heterocycles. The smallest absolute Gasteiger partial charge is 0.0945 e. The Hall–Kier alpha value is -2.03. The SMILES string of the molecule is C1=CN(CCCn2ccnc2)Cc2ccccc21. The second-order valence-corrected chi connectivity index (χ2v) is 4.64. The fourth-order valence-electron chi connectivity index (χ4n) is 2.33. The van der Waals surface area contributed by atoms with Crippen molar-refractivity contribution in [2.24, 2.45) is 0 Å². The van der Waals surface area contributed by atoms with Crippen molar-refractivity contribution < 1.29 is 0 Å². The van der Waals surface area contributed by atoms with Crippen LogP contribution in [0, 0.1) is 0 Å². The molecule has 0 fully saturated rings. The van der Waals surface area contributed by atoms with Gasteiger partial charge in [-0.3, -0.25) is 0 Å². The van der Waals surface area contributed by atoms with Gasteiger partial charge in [0.2, 0.25) is 0 Å². The first-order valence-electron chi connectivity index (χ1n) is 6.38. The molecule has 2 aromatic rings. The number of aryl methyl sites for hydroxylation is 1. The highest BCUT2D eigenvalue weighted by Gasteiger charge is 2.08. The minimum Gasteiger partial charge on any atom is -0.373 e. The van der Waals surface area contributed by atoms with Gasteiger partial charge in [-0.2, -0.15) is 0 Å². The predicted octanol–water partition coefficient (Wildman–Crippen LogP) is 2.76. The van der Waals surface area contributed by atoms with E-state index in [1.165, 1.54) is 11.1 Å². The van der Waals surface area contributed by atoms with E-state index < -0.39 is 0 Å². The van der Waals surface area contributed by atoms with Crippen LogP contribution in [-0.2, 0) is 13.1 Å². The molecule has 3 rings (SSSR count). The number of nitrogens with zero attached hydrogens (tertiary/aromatic N) is 3. The predicted molar refractivity (Wildman–Crippen MR) is 72.7 cm³/mol. The van der Waals surface area contributed by atoms with Crippen molar-refractivity contribution in [1.29, 1.82) is 0 Å². The van der Waals surface area contributed by atoms with Crippen LogP contribution in [0.4, 0.5) is 0 Å². The number of fused-ring (bicyclic) bond motifs is 1. The van der Waals surface area contributed by atoms with E-state index in [-0.39, 0.29) is 0 Å². The first-order valence-corrected chi connectivity index (χ1v) is 6.38. The van der Waals surface area contributed by atoms with Gasteiger partial charge in [-0.1, -0.05) is 24.3 Å². The van der Waals surface area contributed by atoms with E-state index in [0.29, 0.717) is 0 Å². The van der Waals surface area contributed by atoms with Gasteiger partial charge in [0.1, 0.15) is 0 Å². The highest BCUT2D eigenvalue weighted by Crippen LogP contribution is 2.19. The summed E-state index contributed by atoms with van der Waals surface area (Å²) in [6.45, 7) is 3.14. The molecule has 0 saturated heterocycles. The quantitative estimate of drug-likeness (QED) is 0.818. The van der Waals surface area contributed by atoms with Crippen molar-refractivity contribution in [3.8, 4) is 0 Å². The zero-order chi connectivity index (χ0) is 12.2. The summed E-state index contributed by atoms with van der Waals surface area (Å²) in [6, 6.07) is 8.59. The molecule has 1 aromatic heterocycles. The van der Waals surface area contributed by atoms with Gasteiger partial charge < -0.3 is 9.47 Å². The van der Waals surface area contributed by atoms with Gasteiger partial charge in [-0.15, -0.1) is 0 Å². The zero-order valence-corrected chi connectivity index (χ0v) is 10.4. The van der Waals surface area contributed by atoms with Crippen molar-refractivity contribution >= 4 is 6.08 Å². The Morgan fingerprint density at radius 3 is 3.00 bits per heavy atom. The fourth-order valence-corrected chi connectivity index (χ4v) is 2.33. The first-order chi connectivity index (χ1) is 8.92. The molecule has 0 atom stereocenters. The van der Waals surface area contributed by atoms with E-state index in [1.807, 2.05) is 18.7 Å². The summed E-state index contributed by atoms with van der Waals surface area (Å²) in [5.41, 5.74) is 2.77. The summed E-state index contributed by atoms with van der Waals surface area (Å²) in [7, 11) is 0. The van der Waals surface area contributed by atoms with Crippen molar-refractivity contribution in [2.75, 3.05) is 6.54 Å². The largest absolute Gasteiger partial charge is 0.373 e. The van der Waals surface area contributed by atoms with Gasteiger partial charge in [-0.25, -0.2) is 4.98 Å². The normalized spacial score (nSPS) is 13.7. The maximum atomic E-state index is 4.05. The molecular weight excluding hydrogens is 222 g/mol. The minimum absolute atomic E-state index is 1.02. The Balaban J connectivity index is 1.54. The topological polar surface area (TPSA) is 21.1 Å². The number of imidazole rings is 1. The highest BCUT2D eigenvalue weighted by atomic mass is 15.1. The van der Waals surface area contributed by atoms with E-state index in [1.54, 1.807) is 0 Å². The van der Waals surface area contributed by atoms with Crippen LogP contribution in [0.2, 0.25) is 0 Å². The maximum Gasteiger partial charge on any atom is 0.0945 e. The van der Waals surface area contributed by atoms with Crippen LogP contribution in [0.5, 0.6) is 0 Å². The second kappa shape index (κ2) is 5.08. The van der Waals surface area contributed by atoms with Crippen LogP contribution in [0.3, 0.4) is 0 Å². The van der Waals surface area contributed by atoms with E-state index in [2.05, 4.69) is 51.0 Å². The van der Waals surface area contributed by atoms with Crippen LogP contribution in [0.15, 0.2) is 49.2 Å². The molecule has 1 aliphatic rings. The molecule has 2 heterocycles. The van der Waals surface area contributed by atoms with Crippen LogP contribution < -0.4 is 0 Å². The second-order valence-electron chi connectivity index (χ2n) is 4.64. The highest BCUT2D eigenvalue weighted by molar-refractivity contribution is 5.55. The molecule has 18 heavy (non-hydrogen) atoms. The molecule has 92 valence electrons. The van der Waals surface area contributed by atoms with Gasteiger partial charge in [0, 0.05) is 32.0 Å². The van der Waals surface area contributed by atoms with Crippen molar-refractivity contribution in [3.63, 3.8) is 0 Å². The average molecular weight is 239 g/mol. The molecule has 0 unspecified atom stereocenters. The lowest BCUT2D eigenvalue weighted by Gasteiger charge is -2.25. The van der Waals surface area contributed by atoms with E-state index >= 15 is 0 Å². The molecule has 0 N–H and O–H groups in total. The van der Waals surface area contributed by atoms with Crippen molar-refractivity contribution in [2.45, 2.75) is 19.5 Å². The van der Waals surface area contributed by atoms with Crippen molar-refractivity contribution in [1.82, 2.24) is 14.5 Å². The number of aromatic nitrogens is 2. The van der Waals surface area contributed by atoms with E-state index in [0.717, 1.165) is 26.1 Å². The molecule has 0 radical (unpaired) electrons. The number of hydrogen-bond donors (Lipinski definition) is 0. The molecular formula is C15H17N3. The lowest BCUT2D eigenvalue weighted by molar-refractivity contribution is 0.350. The van der Waals surface area contributed by atoms with Gasteiger partial charge in [0.15, 0.2) is 0 Å². The standard InChI is InChI=1S/C15H17N3/c1-2-5-15-12-17(10-6-14(15)4-1)8-3-9-18-11-7-16-13-18/h1-2,4-7,10-11,13H,3,8-9,12H2. The average Bonchev–Trinajstić information content (AvgIpc) is 2.92. The van der Waals surface area contributed by atoms with Gasteiger partial charge >= 0.3 is 0 Å². The Kier molecular flexibility index (Phi) is 3.13. The molecule has 0 saturated carbocycles. The molecule has 3 nitrogen and oxygen atoms in total. The van der Waals surface area contributed by atoms with Gasteiger partial charge in [0.05, 0.1) is 6.33 Å². The van der Waals surface area contributed by atoms with Crippen molar-refractivity contribution in [3.05, 3.63) is 60.3 Å².